The lowest BCUT2D eigenvalue weighted by Gasteiger charge is -2.08. The summed E-state index contributed by atoms with van der Waals surface area (Å²) < 4.78 is 35.1. The van der Waals surface area contributed by atoms with Crippen molar-refractivity contribution in [3.8, 4) is 5.88 Å². The fourth-order valence-corrected chi connectivity index (χ4v) is 3.09. The lowest BCUT2D eigenvalue weighted by Crippen LogP contribution is -2.23. The van der Waals surface area contributed by atoms with E-state index in [9.17, 15) is 8.42 Å². The Morgan fingerprint density at radius 3 is 2.86 bits per heavy atom. The quantitative estimate of drug-likeness (QED) is 0.433. The van der Waals surface area contributed by atoms with Gasteiger partial charge in [-0.2, -0.15) is 8.42 Å². The summed E-state index contributed by atoms with van der Waals surface area (Å²) in [6.45, 7) is 1.46. The Hall–Kier alpha value is -1.35. The number of hydrogen-bond acceptors (Lipinski definition) is 6. The summed E-state index contributed by atoms with van der Waals surface area (Å²) in [6.07, 6.45) is 1.70. The monoisotopic (exact) mass is 328 g/mol. The third kappa shape index (κ3) is 5.50. The maximum Gasteiger partial charge on any atom is 0.319 e. The van der Waals surface area contributed by atoms with Gasteiger partial charge in [0, 0.05) is 30.4 Å². The second kappa shape index (κ2) is 7.60. The van der Waals surface area contributed by atoms with Gasteiger partial charge in [-0.05, 0) is 28.3 Å². The number of hydrogen-bond donors (Lipinski definition) is 2. The molecule has 0 fully saturated rings. The number of aromatic nitrogens is 1. The van der Waals surface area contributed by atoms with Crippen LogP contribution in [0.2, 0.25) is 0 Å². The van der Waals surface area contributed by atoms with Crippen molar-refractivity contribution in [2.24, 2.45) is 0 Å². The average Bonchev–Trinajstić information content (AvgIpc) is 2.45. The second-order valence-corrected chi connectivity index (χ2v) is 7.66. The largest absolute Gasteiger partial charge is 0.476 e. The topological polar surface area (TPSA) is 88.5 Å². The highest BCUT2D eigenvalue weighted by molar-refractivity contribution is 8.69. The summed E-state index contributed by atoms with van der Waals surface area (Å²) >= 11 is 0. The summed E-state index contributed by atoms with van der Waals surface area (Å²) in [5, 5.41) is 5.06. The highest BCUT2D eigenvalue weighted by Gasteiger charge is 2.04. The Balaban J connectivity index is 1.73. The molecule has 6 nitrogen and oxygen atoms in total. The minimum Gasteiger partial charge on any atom is -0.476 e. The average molecular weight is 328 g/mol. The summed E-state index contributed by atoms with van der Waals surface area (Å²) in [5.41, 5.74) is 0. The molecule has 0 aliphatic carbocycles. The van der Waals surface area contributed by atoms with Crippen molar-refractivity contribution in [2.75, 3.05) is 25.4 Å². The molecule has 1 aromatic carbocycles. The first kappa shape index (κ1) is 16.0. The van der Waals surface area contributed by atoms with Crippen molar-refractivity contribution in [3.05, 3.63) is 36.5 Å². The maximum absolute atomic E-state index is 10.5. The van der Waals surface area contributed by atoms with E-state index in [1.807, 2.05) is 30.3 Å². The van der Waals surface area contributed by atoms with Gasteiger partial charge < -0.3 is 10.1 Å². The van der Waals surface area contributed by atoms with Crippen molar-refractivity contribution < 1.29 is 17.7 Å². The van der Waals surface area contributed by atoms with Crippen LogP contribution in [-0.4, -0.2) is 43.4 Å². The summed E-state index contributed by atoms with van der Waals surface area (Å²) in [4.78, 5) is 4.21. The van der Waals surface area contributed by atoms with Crippen LogP contribution in [0, 0.1) is 0 Å². The molecule has 8 heteroatoms. The molecule has 0 spiro atoms. The van der Waals surface area contributed by atoms with E-state index < -0.39 is 9.15 Å². The predicted octanol–water partition coefficient (Wildman–Crippen LogP) is 1.74. The fourth-order valence-electron chi connectivity index (χ4n) is 1.77. The molecule has 0 aliphatic rings. The second-order valence-electron chi connectivity index (χ2n) is 4.19. The molecule has 0 bridgehead atoms. The van der Waals surface area contributed by atoms with Gasteiger partial charge in [0.2, 0.25) is 5.88 Å². The van der Waals surface area contributed by atoms with E-state index in [1.165, 1.54) is 0 Å². The molecule has 1 heterocycles. The van der Waals surface area contributed by atoms with E-state index >= 15 is 0 Å². The molecule has 0 radical (unpaired) electrons. The maximum atomic E-state index is 10.5. The Bertz CT molecular complexity index is 686. The summed E-state index contributed by atoms with van der Waals surface area (Å²) in [5.74, 6) is 0.868. The van der Waals surface area contributed by atoms with E-state index in [4.69, 9.17) is 9.29 Å². The minimum atomic E-state index is -3.95. The van der Waals surface area contributed by atoms with Crippen molar-refractivity contribution in [3.63, 3.8) is 0 Å². The first-order valence-corrected chi connectivity index (χ1v) is 9.29. The SMILES string of the molecule is O=S(=O)(O)SCCNCCOc1nccc2ccccc12. The van der Waals surface area contributed by atoms with Crippen LogP contribution in [0.5, 0.6) is 5.88 Å². The van der Waals surface area contributed by atoms with Crippen LogP contribution < -0.4 is 10.1 Å². The Morgan fingerprint density at radius 1 is 1.24 bits per heavy atom. The van der Waals surface area contributed by atoms with Crippen LogP contribution in [0.15, 0.2) is 36.5 Å². The van der Waals surface area contributed by atoms with Crippen LogP contribution in [0.25, 0.3) is 10.8 Å². The molecule has 2 aromatic rings. The summed E-state index contributed by atoms with van der Waals surface area (Å²) in [6, 6.07) is 9.76. The van der Waals surface area contributed by atoms with Gasteiger partial charge in [-0.25, -0.2) is 4.98 Å². The van der Waals surface area contributed by atoms with Crippen LogP contribution in [0.3, 0.4) is 0 Å². The normalized spacial score (nSPS) is 11.7. The number of benzene rings is 1. The molecular weight excluding hydrogens is 312 g/mol. The van der Waals surface area contributed by atoms with Crippen molar-refractivity contribution in [1.29, 1.82) is 0 Å². The van der Waals surface area contributed by atoms with Crippen LogP contribution in [0.1, 0.15) is 0 Å². The molecule has 114 valence electrons. The number of fused-ring (bicyclic) bond motifs is 1. The Labute approximate surface area is 127 Å². The van der Waals surface area contributed by atoms with E-state index in [2.05, 4.69) is 10.3 Å². The van der Waals surface area contributed by atoms with E-state index in [1.54, 1.807) is 6.20 Å². The van der Waals surface area contributed by atoms with Crippen molar-refractivity contribution >= 4 is 30.7 Å². The van der Waals surface area contributed by atoms with E-state index in [0.29, 0.717) is 36.4 Å². The van der Waals surface area contributed by atoms with Gasteiger partial charge in [-0.15, -0.1) is 0 Å². The Morgan fingerprint density at radius 2 is 2.05 bits per heavy atom. The van der Waals surface area contributed by atoms with Crippen LogP contribution in [-0.2, 0) is 9.15 Å². The third-order valence-electron chi connectivity index (χ3n) is 2.67. The third-order valence-corrected chi connectivity index (χ3v) is 4.73. The Kier molecular flexibility index (Phi) is 5.80. The molecule has 1 aromatic heterocycles. The van der Waals surface area contributed by atoms with Gasteiger partial charge in [-0.1, -0.05) is 18.2 Å². The van der Waals surface area contributed by atoms with Crippen molar-refractivity contribution in [2.45, 2.75) is 0 Å². The lowest BCUT2D eigenvalue weighted by atomic mass is 10.2. The van der Waals surface area contributed by atoms with Gasteiger partial charge in [0.1, 0.15) is 6.61 Å². The molecule has 0 saturated heterocycles. The number of nitrogens with zero attached hydrogens (tertiary/aromatic N) is 1. The minimum absolute atomic E-state index is 0.283. The van der Waals surface area contributed by atoms with Gasteiger partial charge in [0.25, 0.3) is 0 Å². The van der Waals surface area contributed by atoms with Crippen molar-refractivity contribution in [1.82, 2.24) is 10.3 Å². The smallest absolute Gasteiger partial charge is 0.319 e. The molecule has 0 unspecified atom stereocenters. The zero-order chi connectivity index (χ0) is 15.1. The van der Waals surface area contributed by atoms with E-state index in [0.717, 1.165) is 10.8 Å². The molecule has 2 N–H and O–H groups in total. The molecule has 21 heavy (non-hydrogen) atoms. The lowest BCUT2D eigenvalue weighted by molar-refractivity contribution is 0.308. The zero-order valence-electron chi connectivity index (χ0n) is 11.2. The summed E-state index contributed by atoms with van der Waals surface area (Å²) in [7, 11) is -3.45. The van der Waals surface area contributed by atoms with Crippen LogP contribution >= 0.6 is 10.8 Å². The van der Waals surface area contributed by atoms with Gasteiger partial charge in [0.05, 0.1) is 0 Å². The number of rotatable bonds is 8. The van der Waals surface area contributed by atoms with Crippen LogP contribution in [0.4, 0.5) is 0 Å². The first-order chi connectivity index (χ1) is 10.1. The number of ether oxygens (including phenoxy) is 1. The first-order valence-electron chi connectivity index (χ1n) is 6.35. The fraction of sp³-hybridized carbons (Fsp3) is 0.308. The predicted molar refractivity (Wildman–Crippen MR) is 84.1 cm³/mol. The molecule has 2 rings (SSSR count). The standard InChI is InChI=1S/C13H16N2O4S2/c16-21(17,18)20-10-8-14-7-9-19-13-12-4-2-1-3-11(12)5-6-15-13/h1-6,14H,7-10H2,(H,16,17,18). The molecule has 0 saturated carbocycles. The number of nitrogens with one attached hydrogen (secondary N) is 1. The van der Waals surface area contributed by atoms with Gasteiger partial charge >= 0.3 is 9.15 Å². The highest BCUT2D eigenvalue weighted by Crippen LogP contribution is 2.22. The molecular formula is C13H16N2O4S2. The number of pyridine rings is 1. The van der Waals surface area contributed by atoms with Gasteiger partial charge in [-0.3, -0.25) is 4.55 Å². The molecule has 0 atom stereocenters. The molecule has 0 aliphatic heterocycles. The zero-order valence-corrected chi connectivity index (χ0v) is 12.9. The molecule has 0 amide bonds. The highest BCUT2D eigenvalue weighted by atomic mass is 33.1. The van der Waals surface area contributed by atoms with E-state index in [-0.39, 0.29) is 5.75 Å². The van der Waals surface area contributed by atoms with Gasteiger partial charge in [0.15, 0.2) is 0 Å².